The molecule has 49 heavy (non-hydrogen) atoms. The largest absolute Gasteiger partial charge is 0.457 e. The number of H-pyrrole nitrogens is 2. The van der Waals surface area contributed by atoms with Crippen molar-refractivity contribution in [3.05, 3.63) is 120 Å². The van der Waals surface area contributed by atoms with Crippen molar-refractivity contribution in [2.45, 2.75) is 39.1 Å². The van der Waals surface area contributed by atoms with E-state index in [1.165, 1.54) is 0 Å². The minimum Gasteiger partial charge on any atom is -0.457 e. The van der Waals surface area contributed by atoms with Gasteiger partial charge >= 0.3 is 5.97 Å². The van der Waals surface area contributed by atoms with Gasteiger partial charge in [0.05, 0.1) is 69.7 Å². The van der Waals surface area contributed by atoms with Crippen molar-refractivity contribution in [3.63, 3.8) is 0 Å². The molecule has 0 amide bonds. The third-order valence-electron chi connectivity index (χ3n) is 9.51. The van der Waals surface area contributed by atoms with Crippen molar-refractivity contribution in [1.82, 2.24) is 43.9 Å². The number of piperidine rings is 1. The summed E-state index contributed by atoms with van der Waals surface area (Å²) in [6, 6.07) is 32.3. The average molecular weight is 650 g/mol. The molecule has 0 bridgehead atoms. The Labute approximate surface area is 281 Å². The van der Waals surface area contributed by atoms with Gasteiger partial charge in [-0.1, -0.05) is 48.5 Å². The fourth-order valence-corrected chi connectivity index (χ4v) is 7.14. The number of hydrogen-bond donors (Lipinski definition) is 2. The molecular formula is C38H35N9O2. The van der Waals surface area contributed by atoms with Crippen LogP contribution in [0.25, 0.3) is 44.1 Å². The molecule has 9 rings (SSSR count). The fourth-order valence-electron chi connectivity index (χ4n) is 7.14. The summed E-state index contributed by atoms with van der Waals surface area (Å²) in [4.78, 5) is 42.2. The summed E-state index contributed by atoms with van der Waals surface area (Å²) >= 11 is 0. The molecule has 4 aromatic heterocycles. The third kappa shape index (κ3) is 5.72. The van der Waals surface area contributed by atoms with E-state index >= 15 is 0 Å². The van der Waals surface area contributed by atoms with Crippen LogP contribution in [0.5, 0.6) is 0 Å². The highest BCUT2D eigenvalue weighted by Gasteiger charge is 2.29. The van der Waals surface area contributed by atoms with Gasteiger partial charge in [0, 0.05) is 6.54 Å². The van der Waals surface area contributed by atoms with Gasteiger partial charge in [-0.2, -0.15) is 0 Å². The monoisotopic (exact) mass is 649 g/mol. The summed E-state index contributed by atoms with van der Waals surface area (Å²) in [5.41, 5.74) is 7.73. The zero-order valence-electron chi connectivity index (χ0n) is 26.9. The van der Waals surface area contributed by atoms with Crippen LogP contribution in [0.15, 0.2) is 97.1 Å². The first-order valence-corrected chi connectivity index (χ1v) is 16.8. The molecule has 11 heteroatoms. The first-order chi connectivity index (χ1) is 24.1. The zero-order valence-corrected chi connectivity index (χ0v) is 26.9. The number of carbonyl (C=O) groups is 1. The number of fused-ring (bicyclic) bond motifs is 4. The van der Waals surface area contributed by atoms with Crippen molar-refractivity contribution in [2.24, 2.45) is 5.92 Å². The van der Waals surface area contributed by atoms with Crippen molar-refractivity contribution < 1.29 is 9.53 Å². The Morgan fingerprint density at radius 3 is 1.80 bits per heavy atom. The molecular weight excluding hydrogens is 614 g/mol. The van der Waals surface area contributed by atoms with Crippen LogP contribution in [0.4, 0.5) is 0 Å². The van der Waals surface area contributed by atoms with Gasteiger partial charge in [-0.15, -0.1) is 0 Å². The number of hydrogen-bond acceptors (Lipinski definition) is 7. The summed E-state index contributed by atoms with van der Waals surface area (Å²) in [7, 11) is 0. The maximum atomic E-state index is 13.6. The molecule has 1 saturated heterocycles. The molecule has 2 N–H and O–H groups in total. The SMILES string of the molecule is O=C(OCc1nc2ccccc2n1Cc1nc2ccccc2[nH]1)C1CCCN(Cc2nc3ccccc3n2Cc2nc3ccccc3[nH]2)C1. The number of likely N-dealkylation sites (tertiary alicyclic amines) is 1. The Morgan fingerprint density at radius 1 is 0.653 bits per heavy atom. The normalized spacial score (nSPS) is 15.6. The Bertz CT molecular complexity index is 2390. The van der Waals surface area contributed by atoms with E-state index in [-0.39, 0.29) is 18.5 Å². The molecule has 8 aromatic rings. The lowest BCUT2D eigenvalue weighted by molar-refractivity contribution is -0.152. The number of carbonyl (C=O) groups excluding carboxylic acids is 1. The molecule has 1 unspecified atom stereocenters. The molecule has 4 aromatic carbocycles. The number of rotatable bonds is 9. The van der Waals surface area contributed by atoms with Crippen molar-refractivity contribution in [2.75, 3.05) is 13.1 Å². The van der Waals surface area contributed by atoms with E-state index < -0.39 is 0 Å². The first-order valence-electron chi connectivity index (χ1n) is 16.8. The molecule has 0 saturated carbocycles. The Hall–Kier alpha value is -5.81. The number of esters is 1. The first kappa shape index (κ1) is 29.3. The summed E-state index contributed by atoms with van der Waals surface area (Å²) in [6.45, 7) is 3.31. The average Bonchev–Trinajstić information content (AvgIpc) is 3.90. The number of benzene rings is 4. The second-order valence-electron chi connectivity index (χ2n) is 12.8. The van der Waals surface area contributed by atoms with E-state index in [1.54, 1.807) is 0 Å². The number of aromatic amines is 2. The highest BCUT2D eigenvalue weighted by Crippen LogP contribution is 2.25. The molecule has 11 nitrogen and oxygen atoms in total. The highest BCUT2D eigenvalue weighted by atomic mass is 16.5. The number of ether oxygens (including phenoxy) is 1. The maximum absolute atomic E-state index is 13.6. The van der Waals surface area contributed by atoms with Crippen molar-refractivity contribution in [1.29, 1.82) is 0 Å². The van der Waals surface area contributed by atoms with Crippen LogP contribution in [0.2, 0.25) is 0 Å². The van der Waals surface area contributed by atoms with E-state index in [2.05, 4.69) is 30.1 Å². The molecule has 1 fully saturated rings. The minimum absolute atomic E-state index is 0.0948. The Balaban J connectivity index is 0.909. The van der Waals surface area contributed by atoms with Crippen LogP contribution in [0, 0.1) is 5.92 Å². The molecule has 244 valence electrons. The zero-order chi connectivity index (χ0) is 32.7. The molecule has 1 aliphatic rings. The topological polar surface area (TPSA) is 123 Å². The molecule has 0 aliphatic carbocycles. The third-order valence-corrected chi connectivity index (χ3v) is 9.51. The highest BCUT2D eigenvalue weighted by molar-refractivity contribution is 5.78. The van der Waals surface area contributed by atoms with E-state index in [0.717, 1.165) is 81.0 Å². The lowest BCUT2D eigenvalue weighted by Crippen LogP contribution is -2.39. The molecule has 1 atom stereocenters. The van der Waals surface area contributed by atoms with Gasteiger partial charge in [-0.3, -0.25) is 9.69 Å². The fraction of sp³-hybridized carbons (Fsp3) is 0.237. The number of nitrogens with one attached hydrogen (secondary N) is 2. The Morgan fingerprint density at radius 2 is 1.18 bits per heavy atom. The summed E-state index contributed by atoms with van der Waals surface area (Å²) in [6.07, 6.45) is 1.70. The molecule has 0 radical (unpaired) electrons. The summed E-state index contributed by atoms with van der Waals surface area (Å²) in [5.74, 6) is 2.94. The predicted molar refractivity (Wildman–Crippen MR) is 188 cm³/mol. The van der Waals surface area contributed by atoms with Gasteiger partial charge in [0.1, 0.15) is 29.9 Å². The standard InChI is InChI=1S/C38H35N9O2/c48-38(49-24-37-44-31-16-6-8-18-33(31)47(37)22-35-41-28-13-3-4-14-29(28)42-35)25-10-9-19-45(20-25)23-36-43-30-15-5-7-17-32(30)46(36)21-34-39-26-11-1-2-12-27(26)40-34/h1-8,11-18,25H,9-10,19-24H2,(H,39,40)(H,41,42). The minimum atomic E-state index is -0.227. The predicted octanol–water partition coefficient (Wildman–Crippen LogP) is 6.19. The van der Waals surface area contributed by atoms with Crippen LogP contribution in [0.1, 0.15) is 36.1 Å². The van der Waals surface area contributed by atoms with E-state index in [4.69, 9.17) is 24.7 Å². The summed E-state index contributed by atoms with van der Waals surface area (Å²) in [5, 5.41) is 0. The molecule has 1 aliphatic heterocycles. The lowest BCUT2D eigenvalue weighted by Gasteiger charge is -2.31. The van der Waals surface area contributed by atoms with Crippen LogP contribution in [-0.4, -0.2) is 63.0 Å². The number of para-hydroxylation sites is 8. The summed E-state index contributed by atoms with van der Waals surface area (Å²) < 4.78 is 10.3. The van der Waals surface area contributed by atoms with Crippen LogP contribution < -0.4 is 0 Å². The van der Waals surface area contributed by atoms with Crippen molar-refractivity contribution in [3.8, 4) is 0 Å². The Kier molecular flexibility index (Phi) is 7.38. The lowest BCUT2D eigenvalue weighted by atomic mass is 9.98. The maximum Gasteiger partial charge on any atom is 0.310 e. The quantitative estimate of drug-likeness (QED) is 0.179. The van der Waals surface area contributed by atoms with Gasteiger partial charge in [-0.25, -0.2) is 19.9 Å². The van der Waals surface area contributed by atoms with E-state index in [9.17, 15) is 4.79 Å². The van der Waals surface area contributed by atoms with Crippen LogP contribution in [-0.2, 0) is 35.8 Å². The van der Waals surface area contributed by atoms with Gasteiger partial charge in [0.2, 0.25) is 0 Å². The molecule has 0 spiro atoms. The number of nitrogens with zero attached hydrogens (tertiary/aromatic N) is 7. The van der Waals surface area contributed by atoms with Gasteiger partial charge in [0.15, 0.2) is 0 Å². The van der Waals surface area contributed by atoms with Crippen LogP contribution in [0.3, 0.4) is 0 Å². The second-order valence-corrected chi connectivity index (χ2v) is 12.8. The van der Waals surface area contributed by atoms with Gasteiger partial charge in [0.25, 0.3) is 0 Å². The van der Waals surface area contributed by atoms with Gasteiger partial charge in [-0.05, 0) is 67.9 Å². The number of imidazole rings is 4. The van der Waals surface area contributed by atoms with Gasteiger partial charge < -0.3 is 23.8 Å². The molecule has 5 heterocycles. The van der Waals surface area contributed by atoms with Crippen molar-refractivity contribution >= 4 is 50.1 Å². The smallest absolute Gasteiger partial charge is 0.310 e. The number of aromatic nitrogens is 8. The van der Waals surface area contributed by atoms with Crippen LogP contribution >= 0.6 is 0 Å². The van der Waals surface area contributed by atoms with E-state index in [0.29, 0.717) is 32.0 Å². The second kappa shape index (κ2) is 12.3. The van der Waals surface area contributed by atoms with E-state index in [1.807, 2.05) is 91.0 Å².